The molecule has 0 unspecified atom stereocenters. The summed E-state index contributed by atoms with van der Waals surface area (Å²) in [6.45, 7) is 0. The van der Waals surface area contributed by atoms with Crippen LogP contribution in [0.2, 0.25) is 0 Å². The molecule has 0 radical (unpaired) electrons. The van der Waals surface area contributed by atoms with E-state index in [0.29, 0.717) is 0 Å². The first-order chi connectivity index (χ1) is 23.4. The molecule has 0 spiro atoms. The highest BCUT2D eigenvalue weighted by atomic mass is 19.4. The zero-order valence-corrected chi connectivity index (χ0v) is 25.7. The van der Waals surface area contributed by atoms with Gasteiger partial charge in [-0.05, 0) is 118 Å². The summed E-state index contributed by atoms with van der Waals surface area (Å²) in [6.07, 6.45) is -4.40. The molecule has 0 fully saturated rings. The quantitative estimate of drug-likeness (QED) is 0.171. The molecule has 0 aromatic heterocycles. The third-order valence-corrected chi connectivity index (χ3v) is 9.65. The maximum Gasteiger partial charge on any atom is 0.416 e. The van der Waals surface area contributed by atoms with E-state index in [0.717, 1.165) is 87.6 Å². The highest BCUT2D eigenvalue weighted by Crippen LogP contribution is 2.48. The third kappa shape index (κ3) is 4.54. The lowest BCUT2D eigenvalue weighted by Crippen LogP contribution is -2.04. The lowest BCUT2D eigenvalue weighted by atomic mass is 9.82. The predicted octanol–water partition coefficient (Wildman–Crippen LogP) is 13.4. The number of halogens is 3. The van der Waals surface area contributed by atoms with E-state index in [1.165, 1.54) is 12.1 Å². The van der Waals surface area contributed by atoms with E-state index in [2.05, 4.69) is 115 Å². The van der Waals surface area contributed by atoms with Gasteiger partial charge in [-0.25, -0.2) is 0 Å². The van der Waals surface area contributed by atoms with Gasteiger partial charge in [0, 0.05) is 0 Å². The molecule has 9 aromatic rings. The fraction of sp³-hybridized carbons (Fsp3) is 0.0222. The van der Waals surface area contributed by atoms with Crippen molar-refractivity contribution < 1.29 is 13.2 Å². The Hall–Kier alpha value is -5.93. The Kier molecular flexibility index (Phi) is 6.38. The van der Waals surface area contributed by atoms with E-state index >= 15 is 0 Å². The first-order valence-electron chi connectivity index (χ1n) is 16.0. The monoisotopic (exact) mass is 624 g/mol. The second-order valence-corrected chi connectivity index (χ2v) is 12.4. The van der Waals surface area contributed by atoms with E-state index in [1.54, 1.807) is 12.1 Å². The molecule has 0 atom stereocenters. The minimum atomic E-state index is -4.40. The Morgan fingerprint density at radius 3 is 1.19 bits per heavy atom. The molecule has 0 N–H and O–H groups in total. The van der Waals surface area contributed by atoms with Gasteiger partial charge in [0.2, 0.25) is 0 Å². The highest BCUT2D eigenvalue weighted by molar-refractivity contribution is 6.32. The average molecular weight is 625 g/mol. The van der Waals surface area contributed by atoms with Crippen LogP contribution in [0, 0.1) is 0 Å². The van der Waals surface area contributed by atoms with Crippen molar-refractivity contribution in [1.82, 2.24) is 0 Å². The van der Waals surface area contributed by atoms with Crippen LogP contribution < -0.4 is 0 Å². The van der Waals surface area contributed by atoms with Crippen molar-refractivity contribution in [3.05, 3.63) is 169 Å². The molecular formula is C45H27F3. The minimum absolute atomic E-state index is 0.654. The molecule has 0 nitrogen and oxygen atoms in total. The van der Waals surface area contributed by atoms with Gasteiger partial charge in [-0.3, -0.25) is 0 Å². The van der Waals surface area contributed by atoms with Crippen LogP contribution in [0.5, 0.6) is 0 Å². The molecule has 0 amide bonds. The number of hydrogen-bond donors (Lipinski definition) is 0. The second-order valence-electron chi connectivity index (χ2n) is 12.4. The third-order valence-electron chi connectivity index (χ3n) is 9.65. The van der Waals surface area contributed by atoms with Crippen molar-refractivity contribution in [2.75, 3.05) is 0 Å². The SMILES string of the molecule is FC(F)(F)c1ccc(-c2cc(-c3ccc4ccccc4c3)c3ccc4c(-c5ccccc5)cc(-c5ccccc5)c5ccc2c3c54)cc1. The Balaban J connectivity index is 1.44. The van der Waals surface area contributed by atoms with Crippen molar-refractivity contribution in [1.29, 1.82) is 0 Å². The van der Waals surface area contributed by atoms with E-state index in [4.69, 9.17) is 0 Å². The van der Waals surface area contributed by atoms with Gasteiger partial charge in [0.05, 0.1) is 5.56 Å². The summed E-state index contributed by atoms with van der Waals surface area (Å²) < 4.78 is 40.8. The summed E-state index contributed by atoms with van der Waals surface area (Å²) in [5.41, 5.74) is 7.64. The smallest absolute Gasteiger partial charge is 0.166 e. The van der Waals surface area contributed by atoms with E-state index < -0.39 is 11.7 Å². The van der Waals surface area contributed by atoms with Gasteiger partial charge in [-0.2, -0.15) is 13.2 Å². The maximum atomic E-state index is 13.6. The summed E-state index contributed by atoms with van der Waals surface area (Å²) in [7, 11) is 0. The van der Waals surface area contributed by atoms with Crippen molar-refractivity contribution in [3.8, 4) is 44.5 Å². The normalized spacial score (nSPS) is 12.1. The van der Waals surface area contributed by atoms with Crippen LogP contribution in [0.3, 0.4) is 0 Å². The van der Waals surface area contributed by atoms with Gasteiger partial charge >= 0.3 is 6.18 Å². The molecule has 3 heteroatoms. The number of rotatable bonds is 4. The summed E-state index contributed by atoms with van der Waals surface area (Å²) in [6, 6.07) is 54.5. The van der Waals surface area contributed by atoms with Crippen LogP contribution in [-0.2, 0) is 6.18 Å². The molecule has 48 heavy (non-hydrogen) atoms. The van der Waals surface area contributed by atoms with Crippen molar-refractivity contribution in [2.24, 2.45) is 0 Å². The Labute approximate surface area is 275 Å². The van der Waals surface area contributed by atoms with Crippen LogP contribution in [0.4, 0.5) is 13.2 Å². The molecule has 0 aliphatic carbocycles. The maximum absolute atomic E-state index is 13.6. The van der Waals surface area contributed by atoms with Crippen molar-refractivity contribution in [2.45, 2.75) is 6.18 Å². The molecule has 228 valence electrons. The fourth-order valence-electron chi connectivity index (χ4n) is 7.38. The molecule has 0 saturated carbocycles. The van der Waals surface area contributed by atoms with Crippen LogP contribution in [-0.4, -0.2) is 0 Å². The van der Waals surface area contributed by atoms with Gasteiger partial charge in [0.1, 0.15) is 0 Å². The summed E-state index contributed by atoms with van der Waals surface area (Å²) >= 11 is 0. The van der Waals surface area contributed by atoms with Crippen LogP contribution in [0.25, 0.3) is 87.6 Å². The van der Waals surface area contributed by atoms with E-state index in [-0.39, 0.29) is 0 Å². The average Bonchev–Trinajstić information content (AvgIpc) is 3.13. The van der Waals surface area contributed by atoms with Crippen molar-refractivity contribution >= 4 is 43.1 Å². The van der Waals surface area contributed by atoms with Gasteiger partial charge in [0.25, 0.3) is 0 Å². The number of fused-ring (bicyclic) bond motifs is 1. The largest absolute Gasteiger partial charge is 0.416 e. The van der Waals surface area contributed by atoms with Crippen LogP contribution in [0.15, 0.2) is 164 Å². The number of alkyl halides is 3. The fourth-order valence-corrected chi connectivity index (χ4v) is 7.38. The van der Waals surface area contributed by atoms with Gasteiger partial charge in [-0.15, -0.1) is 0 Å². The number of benzene rings is 9. The van der Waals surface area contributed by atoms with Gasteiger partial charge < -0.3 is 0 Å². The molecule has 0 aliphatic heterocycles. The summed E-state index contributed by atoms with van der Waals surface area (Å²) in [5, 5.41) is 8.96. The van der Waals surface area contributed by atoms with Crippen LogP contribution >= 0.6 is 0 Å². The summed E-state index contributed by atoms with van der Waals surface area (Å²) in [4.78, 5) is 0. The minimum Gasteiger partial charge on any atom is -0.166 e. The Morgan fingerprint density at radius 1 is 0.312 bits per heavy atom. The van der Waals surface area contributed by atoms with Gasteiger partial charge in [0.15, 0.2) is 0 Å². The highest BCUT2D eigenvalue weighted by Gasteiger charge is 2.30. The first kappa shape index (κ1) is 28.3. The standard InChI is InChI=1S/C45H27F3/c46-45(47,48)34-19-17-31(18-20-34)41-27-42(33-16-15-28-9-7-8-14-32(28)25-33)38-24-23-36-40(30-12-5-2-6-13-30)26-39(29-10-3-1-4-11-29)35-21-22-37(41)44(38)43(35)36/h1-27H. The van der Waals surface area contributed by atoms with Gasteiger partial charge in [-0.1, -0.05) is 133 Å². The van der Waals surface area contributed by atoms with Crippen molar-refractivity contribution in [3.63, 3.8) is 0 Å². The molecule has 0 aliphatic rings. The molecule has 9 rings (SSSR count). The molecule has 9 aromatic carbocycles. The molecule has 0 bridgehead atoms. The zero-order chi connectivity index (χ0) is 32.4. The van der Waals surface area contributed by atoms with E-state index in [9.17, 15) is 13.2 Å². The van der Waals surface area contributed by atoms with E-state index in [1.807, 2.05) is 24.3 Å². The molecule has 0 saturated heterocycles. The predicted molar refractivity (Wildman–Crippen MR) is 194 cm³/mol. The zero-order valence-electron chi connectivity index (χ0n) is 25.7. The lowest BCUT2D eigenvalue weighted by Gasteiger charge is -2.21. The van der Waals surface area contributed by atoms with Crippen LogP contribution in [0.1, 0.15) is 5.56 Å². The topological polar surface area (TPSA) is 0 Å². The summed E-state index contributed by atoms with van der Waals surface area (Å²) in [5.74, 6) is 0. The number of hydrogen-bond acceptors (Lipinski definition) is 0. The lowest BCUT2D eigenvalue weighted by molar-refractivity contribution is -0.137. The Bertz CT molecular complexity index is 2560. The Morgan fingerprint density at radius 2 is 0.708 bits per heavy atom. The second kappa shape index (κ2) is 10.8. The first-order valence-corrected chi connectivity index (χ1v) is 16.0. The molecule has 0 heterocycles. The molecular weight excluding hydrogens is 597 g/mol.